The molecule has 1 aliphatic carbocycles. The van der Waals surface area contributed by atoms with Crippen LogP contribution in [0.4, 0.5) is 5.69 Å². The van der Waals surface area contributed by atoms with Crippen molar-refractivity contribution < 1.29 is 9.59 Å². The molecule has 6 heteroatoms. The lowest BCUT2D eigenvalue weighted by atomic mass is 9.94. The van der Waals surface area contributed by atoms with Crippen molar-refractivity contribution in [1.82, 2.24) is 10.3 Å². The summed E-state index contributed by atoms with van der Waals surface area (Å²) in [7, 11) is 0. The third-order valence-electron chi connectivity index (χ3n) is 6.96. The van der Waals surface area contributed by atoms with Gasteiger partial charge in [-0.1, -0.05) is 79.4 Å². The van der Waals surface area contributed by atoms with E-state index in [0.717, 1.165) is 47.7 Å². The van der Waals surface area contributed by atoms with Gasteiger partial charge in [-0.25, -0.2) is 0 Å². The highest BCUT2D eigenvalue weighted by molar-refractivity contribution is 6.30. The van der Waals surface area contributed by atoms with E-state index in [-0.39, 0.29) is 24.3 Å². The first-order valence-corrected chi connectivity index (χ1v) is 13.0. The summed E-state index contributed by atoms with van der Waals surface area (Å²) in [5, 5.41) is 4.85. The minimum Gasteiger partial charge on any atom is -0.361 e. The van der Waals surface area contributed by atoms with Gasteiger partial charge in [0.2, 0.25) is 11.8 Å². The third kappa shape index (κ3) is 5.31. The van der Waals surface area contributed by atoms with E-state index in [1.54, 1.807) is 17.0 Å². The molecule has 3 aromatic carbocycles. The van der Waals surface area contributed by atoms with E-state index in [1.807, 2.05) is 72.9 Å². The number of amides is 2. The van der Waals surface area contributed by atoms with E-state index < -0.39 is 6.04 Å². The van der Waals surface area contributed by atoms with Crippen LogP contribution in [0.15, 0.2) is 85.1 Å². The largest absolute Gasteiger partial charge is 0.361 e. The predicted octanol–water partition coefficient (Wildman–Crippen LogP) is 6.59. The van der Waals surface area contributed by atoms with E-state index in [4.69, 9.17) is 11.6 Å². The Morgan fingerprint density at radius 1 is 0.917 bits per heavy atom. The number of rotatable bonds is 7. The number of fused-ring (bicyclic) bond motifs is 1. The molecule has 1 heterocycles. The fourth-order valence-corrected chi connectivity index (χ4v) is 5.27. The fourth-order valence-electron chi connectivity index (χ4n) is 5.14. The van der Waals surface area contributed by atoms with Crippen LogP contribution in [0, 0.1) is 0 Å². The van der Waals surface area contributed by atoms with Crippen LogP contribution in [-0.2, 0) is 16.0 Å². The van der Waals surface area contributed by atoms with Gasteiger partial charge < -0.3 is 10.3 Å². The van der Waals surface area contributed by atoms with Crippen molar-refractivity contribution in [2.45, 2.75) is 50.6 Å². The number of benzene rings is 3. The number of halogens is 1. The summed E-state index contributed by atoms with van der Waals surface area (Å²) in [5.74, 6) is -0.315. The second kappa shape index (κ2) is 11.0. The molecular weight excluding hydrogens is 470 g/mol. The molecule has 5 rings (SSSR count). The molecule has 0 bridgehead atoms. The van der Waals surface area contributed by atoms with Gasteiger partial charge in [0.05, 0.1) is 6.42 Å². The summed E-state index contributed by atoms with van der Waals surface area (Å²) >= 11 is 6.18. The number of hydrogen-bond acceptors (Lipinski definition) is 2. The van der Waals surface area contributed by atoms with Crippen molar-refractivity contribution in [2.24, 2.45) is 0 Å². The number of hydrogen-bond donors (Lipinski definition) is 2. The molecule has 1 atom stereocenters. The van der Waals surface area contributed by atoms with Gasteiger partial charge >= 0.3 is 0 Å². The molecule has 1 saturated carbocycles. The number of aromatic nitrogens is 1. The highest BCUT2D eigenvalue weighted by Gasteiger charge is 2.34. The minimum absolute atomic E-state index is 0.127. The zero-order valence-electron chi connectivity index (χ0n) is 20.1. The first kappa shape index (κ1) is 24.1. The van der Waals surface area contributed by atoms with E-state index in [2.05, 4.69) is 10.3 Å². The van der Waals surface area contributed by atoms with Crippen LogP contribution in [0.1, 0.15) is 49.3 Å². The van der Waals surface area contributed by atoms with Crippen LogP contribution < -0.4 is 10.2 Å². The molecule has 1 unspecified atom stereocenters. The number of anilines is 1. The Morgan fingerprint density at radius 2 is 1.61 bits per heavy atom. The van der Waals surface area contributed by atoms with Crippen LogP contribution in [-0.4, -0.2) is 22.8 Å². The Balaban J connectivity index is 1.53. The zero-order chi connectivity index (χ0) is 24.9. The lowest BCUT2D eigenvalue weighted by Crippen LogP contribution is -2.47. The van der Waals surface area contributed by atoms with Crippen LogP contribution in [0.2, 0.25) is 5.02 Å². The van der Waals surface area contributed by atoms with E-state index in [1.165, 1.54) is 6.42 Å². The zero-order valence-corrected chi connectivity index (χ0v) is 20.9. The van der Waals surface area contributed by atoms with Gasteiger partial charge in [0.1, 0.15) is 6.04 Å². The van der Waals surface area contributed by atoms with Crippen LogP contribution in [0.5, 0.6) is 0 Å². The highest BCUT2D eigenvalue weighted by atomic mass is 35.5. The van der Waals surface area contributed by atoms with Gasteiger partial charge in [0, 0.05) is 33.9 Å². The van der Waals surface area contributed by atoms with Crippen molar-refractivity contribution >= 4 is 40.0 Å². The van der Waals surface area contributed by atoms with Gasteiger partial charge in [-0.15, -0.1) is 0 Å². The second-order valence-electron chi connectivity index (χ2n) is 9.43. The van der Waals surface area contributed by atoms with E-state index >= 15 is 0 Å². The Bertz CT molecular complexity index is 1330. The van der Waals surface area contributed by atoms with Gasteiger partial charge in [0.15, 0.2) is 0 Å². The SMILES string of the molecule is O=C(NC1CCCCC1)C(c1ccc(Cl)cc1)N(C(=O)Cc1c[nH]c2ccccc12)c1ccccc1. The predicted molar refractivity (Wildman–Crippen MR) is 145 cm³/mol. The summed E-state index contributed by atoms with van der Waals surface area (Å²) in [6.07, 6.45) is 7.40. The smallest absolute Gasteiger partial charge is 0.248 e. The molecule has 1 aromatic heterocycles. The summed E-state index contributed by atoms with van der Waals surface area (Å²) < 4.78 is 0. The molecule has 0 radical (unpaired) electrons. The maximum atomic E-state index is 14.0. The number of nitrogens with one attached hydrogen (secondary N) is 2. The summed E-state index contributed by atoms with van der Waals surface area (Å²) in [5.41, 5.74) is 3.29. The van der Waals surface area contributed by atoms with Gasteiger partial charge in [-0.2, -0.15) is 0 Å². The van der Waals surface area contributed by atoms with Gasteiger partial charge in [0.25, 0.3) is 0 Å². The molecule has 36 heavy (non-hydrogen) atoms. The Morgan fingerprint density at radius 3 is 2.36 bits per heavy atom. The number of aromatic amines is 1. The van der Waals surface area contributed by atoms with Crippen LogP contribution >= 0.6 is 11.6 Å². The first-order valence-electron chi connectivity index (χ1n) is 12.6. The number of carbonyl (C=O) groups is 2. The lowest BCUT2D eigenvalue weighted by Gasteiger charge is -2.33. The first-order chi connectivity index (χ1) is 17.6. The molecule has 2 N–H and O–H groups in total. The van der Waals surface area contributed by atoms with Crippen molar-refractivity contribution in [2.75, 3.05) is 4.90 Å². The van der Waals surface area contributed by atoms with Crippen LogP contribution in [0.3, 0.4) is 0 Å². The molecule has 1 aliphatic rings. The van der Waals surface area contributed by atoms with Crippen molar-refractivity contribution in [3.8, 4) is 0 Å². The molecule has 5 nitrogen and oxygen atoms in total. The number of para-hydroxylation sites is 2. The maximum absolute atomic E-state index is 14.0. The number of nitrogens with zero attached hydrogens (tertiary/aromatic N) is 1. The van der Waals surface area contributed by atoms with E-state index in [9.17, 15) is 9.59 Å². The average molecular weight is 500 g/mol. The van der Waals surface area contributed by atoms with Gasteiger partial charge in [-0.05, 0) is 54.3 Å². The molecule has 4 aromatic rings. The highest BCUT2D eigenvalue weighted by Crippen LogP contribution is 2.31. The maximum Gasteiger partial charge on any atom is 0.248 e. The molecule has 2 amide bonds. The van der Waals surface area contributed by atoms with Crippen molar-refractivity contribution in [1.29, 1.82) is 0 Å². The monoisotopic (exact) mass is 499 g/mol. The summed E-state index contributed by atoms with van der Waals surface area (Å²) in [6, 6.07) is 23.9. The Kier molecular flexibility index (Phi) is 7.38. The van der Waals surface area contributed by atoms with Crippen molar-refractivity contribution in [3.63, 3.8) is 0 Å². The quantitative estimate of drug-likeness (QED) is 0.301. The topological polar surface area (TPSA) is 65.2 Å². The average Bonchev–Trinajstić information content (AvgIpc) is 3.31. The summed E-state index contributed by atoms with van der Waals surface area (Å²) in [6.45, 7) is 0. The Labute approximate surface area is 216 Å². The number of H-pyrrole nitrogens is 1. The lowest BCUT2D eigenvalue weighted by molar-refractivity contribution is -0.127. The second-order valence-corrected chi connectivity index (χ2v) is 9.87. The normalized spacial score (nSPS) is 14.9. The van der Waals surface area contributed by atoms with E-state index in [0.29, 0.717) is 10.7 Å². The summed E-state index contributed by atoms with van der Waals surface area (Å²) in [4.78, 5) is 32.8. The molecule has 0 saturated heterocycles. The molecule has 0 spiro atoms. The van der Waals surface area contributed by atoms with Gasteiger partial charge in [-0.3, -0.25) is 14.5 Å². The standard InChI is InChI=1S/C30H30ClN3O2/c31-23-17-15-21(16-18-23)29(30(36)33-24-9-3-1-4-10-24)34(25-11-5-2-6-12-25)28(35)19-22-20-32-27-14-8-7-13-26(22)27/h2,5-8,11-18,20,24,29,32H,1,3-4,9-10,19H2,(H,33,36). The fraction of sp³-hybridized carbons (Fsp3) is 0.267. The molecule has 184 valence electrons. The van der Waals surface area contributed by atoms with Crippen molar-refractivity contribution in [3.05, 3.63) is 101 Å². The molecular formula is C30H30ClN3O2. The Hall–Kier alpha value is -3.57. The number of carbonyl (C=O) groups excluding carboxylic acids is 2. The molecule has 1 fully saturated rings. The minimum atomic E-state index is -0.815. The third-order valence-corrected chi connectivity index (χ3v) is 7.22. The molecule has 0 aliphatic heterocycles. The van der Waals surface area contributed by atoms with Crippen LogP contribution in [0.25, 0.3) is 10.9 Å².